The molecule has 4 nitrogen and oxygen atoms in total. The number of para-hydroxylation sites is 1. The fourth-order valence-corrected chi connectivity index (χ4v) is 2.15. The van der Waals surface area contributed by atoms with Crippen LogP contribution in [0.15, 0.2) is 48.5 Å². The minimum absolute atomic E-state index is 0.156. The van der Waals surface area contributed by atoms with E-state index in [0.29, 0.717) is 18.9 Å². The van der Waals surface area contributed by atoms with Gasteiger partial charge in [-0.2, -0.15) is 0 Å². The molecule has 1 N–H and O–H groups in total. The molecule has 2 rings (SSSR count). The molecule has 0 radical (unpaired) electrons. The highest BCUT2D eigenvalue weighted by molar-refractivity contribution is 5.80. The molecule has 122 valence electrons. The Balaban J connectivity index is 1.90. The lowest BCUT2D eigenvalue weighted by molar-refractivity contribution is -0.127. The quantitative estimate of drug-likeness (QED) is 0.851. The van der Waals surface area contributed by atoms with Crippen LogP contribution in [0.4, 0.5) is 0 Å². The highest BCUT2D eigenvalue weighted by atomic mass is 16.5. The molecule has 0 saturated heterocycles. The van der Waals surface area contributed by atoms with Crippen LogP contribution in [0.3, 0.4) is 0 Å². The van der Waals surface area contributed by atoms with Crippen LogP contribution in [0.1, 0.15) is 25.0 Å². The summed E-state index contributed by atoms with van der Waals surface area (Å²) in [6, 6.07) is 15.3. The molecule has 0 bridgehead atoms. The molecule has 1 amide bonds. The summed E-state index contributed by atoms with van der Waals surface area (Å²) in [5.74, 6) is 1.33. The maximum Gasteiger partial charge on any atom is 0.261 e. The Kier molecular flexibility index (Phi) is 6.03. The first-order valence-corrected chi connectivity index (χ1v) is 7.82. The smallest absolute Gasteiger partial charge is 0.261 e. The van der Waals surface area contributed by atoms with Gasteiger partial charge in [-0.15, -0.1) is 0 Å². The van der Waals surface area contributed by atoms with Gasteiger partial charge < -0.3 is 14.8 Å². The lowest BCUT2D eigenvalue weighted by Crippen LogP contribution is -2.36. The van der Waals surface area contributed by atoms with Gasteiger partial charge in [0.05, 0.1) is 6.61 Å². The zero-order valence-electron chi connectivity index (χ0n) is 13.8. The van der Waals surface area contributed by atoms with Gasteiger partial charge in [-0.3, -0.25) is 4.79 Å². The number of carbonyl (C=O) groups is 1. The molecule has 2 aromatic carbocycles. The maximum atomic E-state index is 12.2. The number of ether oxygens (including phenoxy) is 2. The van der Waals surface area contributed by atoms with E-state index in [4.69, 9.17) is 9.47 Å². The van der Waals surface area contributed by atoms with Gasteiger partial charge in [-0.25, -0.2) is 0 Å². The van der Waals surface area contributed by atoms with E-state index in [1.807, 2.05) is 62.4 Å². The fourth-order valence-electron chi connectivity index (χ4n) is 2.15. The molecule has 4 heteroatoms. The molecule has 2 aromatic rings. The molecule has 0 saturated carbocycles. The van der Waals surface area contributed by atoms with Gasteiger partial charge in [0.1, 0.15) is 11.5 Å². The highest BCUT2D eigenvalue weighted by Gasteiger charge is 2.15. The van der Waals surface area contributed by atoms with Crippen LogP contribution >= 0.6 is 0 Å². The molecule has 0 unspecified atom stereocenters. The lowest BCUT2D eigenvalue weighted by Gasteiger charge is -2.16. The molecule has 0 aromatic heterocycles. The van der Waals surface area contributed by atoms with Gasteiger partial charge in [0.2, 0.25) is 0 Å². The lowest BCUT2D eigenvalue weighted by atomic mass is 10.2. The Morgan fingerprint density at radius 3 is 2.52 bits per heavy atom. The van der Waals surface area contributed by atoms with Gasteiger partial charge >= 0.3 is 0 Å². The summed E-state index contributed by atoms with van der Waals surface area (Å²) in [5, 5.41) is 2.89. The van der Waals surface area contributed by atoms with Crippen molar-refractivity contribution in [3.63, 3.8) is 0 Å². The summed E-state index contributed by atoms with van der Waals surface area (Å²) in [6.07, 6.45) is -0.558. The second kappa shape index (κ2) is 8.22. The van der Waals surface area contributed by atoms with Gasteiger partial charge in [0.25, 0.3) is 5.91 Å². The Morgan fingerprint density at radius 1 is 1.13 bits per heavy atom. The number of rotatable bonds is 7. The van der Waals surface area contributed by atoms with E-state index in [2.05, 4.69) is 5.32 Å². The normalized spacial score (nSPS) is 11.6. The van der Waals surface area contributed by atoms with Gasteiger partial charge in [0, 0.05) is 12.1 Å². The van der Waals surface area contributed by atoms with Crippen molar-refractivity contribution in [2.45, 2.75) is 33.4 Å². The van der Waals surface area contributed by atoms with Gasteiger partial charge in [-0.05, 0) is 39.0 Å². The second-order valence-electron chi connectivity index (χ2n) is 5.33. The van der Waals surface area contributed by atoms with Crippen molar-refractivity contribution in [3.8, 4) is 11.5 Å². The summed E-state index contributed by atoms with van der Waals surface area (Å²) in [6.45, 7) is 6.70. The Bertz CT molecular complexity index is 637. The van der Waals surface area contributed by atoms with Crippen molar-refractivity contribution < 1.29 is 14.3 Å². The second-order valence-corrected chi connectivity index (χ2v) is 5.33. The number of benzene rings is 2. The van der Waals surface area contributed by atoms with Crippen molar-refractivity contribution in [3.05, 3.63) is 59.7 Å². The Hall–Kier alpha value is -2.49. The van der Waals surface area contributed by atoms with E-state index in [-0.39, 0.29) is 5.91 Å². The number of amides is 1. The molecule has 0 spiro atoms. The van der Waals surface area contributed by atoms with Crippen LogP contribution in [0.5, 0.6) is 11.5 Å². The Labute approximate surface area is 137 Å². The van der Waals surface area contributed by atoms with Crippen LogP contribution < -0.4 is 14.8 Å². The van der Waals surface area contributed by atoms with Crippen LogP contribution in [0.25, 0.3) is 0 Å². The fraction of sp³-hybridized carbons (Fsp3) is 0.316. The van der Waals surface area contributed by atoms with E-state index in [1.54, 1.807) is 6.92 Å². The molecule has 0 aliphatic heterocycles. The highest BCUT2D eigenvalue weighted by Crippen LogP contribution is 2.18. The predicted molar refractivity (Wildman–Crippen MR) is 90.7 cm³/mol. The summed E-state index contributed by atoms with van der Waals surface area (Å²) in [5.41, 5.74) is 2.10. The van der Waals surface area contributed by atoms with Crippen LogP contribution in [-0.4, -0.2) is 18.6 Å². The monoisotopic (exact) mass is 313 g/mol. The Morgan fingerprint density at radius 2 is 1.83 bits per heavy atom. The summed E-state index contributed by atoms with van der Waals surface area (Å²) in [4.78, 5) is 12.2. The zero-order chi connectivity index (χ0) is 16.7. The van der Waals surface area contributed by atoms with Crippen molar-refractivity contribution in [1.29, 1.82) is 0 Å². The van der Waals surface area contributed by atoms with Crippen LogP contribution in [0, 0.1) is 6.92 Å². The molecular weight excluding hydrogens is 290 g/mol. The third kappa shape index (κ3) is 5.02. The van der Waals surface area contributed by atoms with Gasteiger partial charge in [-0.1, -0.05) is 35.9 Å². The number of carbonyl (C=O) groups excluding carboxylic acids is 1. The van der Waals surface area contributed by atoms with E-state index in [9.17, 15) is 4.79 Å². The number of nitrogens with one attached hydrogen (secondary N) is 1. The SMILES string of the molecule is CCOc1ccccc1CNC(=O)[C@@H](C)Oc1ccc(C)cc1. The number of hydrogen-bond acceptors (Lipinski definition) is 3. The molecular formula is C19H23NO3. The van der Waals surface area contributed by atoms with Gasteiger partial charge in [0.15, 0.2) is 6.10 Å². The van der Waals surface area contributed by atoms with Crippen molar-refractivity contribution in [2.75, 3.05) is 6.61 Å². The van der Waals surface area contributed by atoms with Crippen molar-refractivity contribution in [1.82, 2.24) is 5.32 Å². The molecule has 0 heterocycles. The predicted octanol–water partition coefficient (Wildman–Crippen LogP) is 3.48. The minimum atomic E-state index is -0.558. The standard InChI is InChI=1S/C19H23NO3/c1-4-22-18-8-6-5-7-16(18)13-20-19(21)15(3)23-17-11-9-14(2)10-12-17/h5-12,15H,4,13H2,1-3H3,(H,20,21)/t15-/m1/s1. The first-order chi connectivity index (χ1) is 11.1. The first-order valence-electron chi connectivity index (χ1n) is 7.82. The molecule has 1 atom stereocenters. The summed E-state index contributed by atoms with van der Waals surface area (Å²) in [7, 11) is 0. The average Bonchev–Trinajstić information content (AvgIpc) is 2.56. The topological polar surface area (TPSA) is 47.6 Å². The van der Waals surface area contributed by atoms with E-state index < -0.39 is 6.10 Å². The maximum absolute atomic E-state index is 12.2. The zero-order valence-corrected chi connectivity index (χ0v) is 13.8. The van der Waals surface area contributed by atoms with Crippen molar-refractivity contribution in [2.24, 2.45) is 0 Å². The largest absolute Gasteiger partial charge is 0.494 e. The molecule has 0 fully saturated rings. The minimum Gasteiger partial charge on any atom is -0.494 e. The third-order valence-corrected chi connectivity index (χ3v) is 3.43. The molecule has 23 heavy (non-hydrogen) atoms. The van der Waals surface area contributed by atoms with E-state index >= 15 is 0 Å². The van der Waals surface area contributed by atoms with E-state index in [1.165, 1.54) is 0 Å². The summed E-state index contributed by atoms with van der Waals surface area (Å²) < 4.78 is 11.2. The van der Waals surface area contributed by atoms with E-state index in [0.717, 1.165) is 16.9 Å². The molecule has 0 aliphatic carbocycles. The molecule has 0 aliphatic rings. The number of hydrogen-bond donors (Lipinski definition) is 1. The third-order valence-electron chi connectivity index (χ3n) is 3.43. The number of aryl methyl sites for hydroxylation is 1. The first kappa shape index (κ1) is 16.9. The van der Waals surface area contributed by atoms with Crippen LogP contribution in [-0.2, 0) is 11.3 Å². The average molecular weight is 313 g/mol. The van der Waals surface area contributed by atoms with Crippen molar-refractivity contribution >= 4 is 5.91 Å². The van der Waals surface area contributed by atoms with Crippen LogP contribution in [0.2, 0.25) is 0 Å². The summed E-state index contributed by atoms with van der Waals surface area (Å²) >= 11 is 0.